The highest BCUT2D eigenvalue weighted by atomic mass is 16.8. The largest absolute Gasteiger partial charge is 0.494 e. The molecule has 1 atom stereocenters. The molecule has 0 aromatic heterocycles. The first-order chi connectivity index (χ1) is 26.4. The highest BCUT2D eigenvalue weighted by Crippen LogP contribution is 2.24. The zero-order valence-corrected chi connectivity index (χ0v) is 32.9. The molecule has 11 nitrogen and oxygen atoms in total. The van der Waals surface area contributed by atoms with Gasteiger partial charge in [0.15, 0.2) is 0 Å². The number of hydrogen-bond donors (Lipinski definition) is 0. The molecule has 3 aromatic rings. The number of esters is 5. The summed E-state index contributed by atoms with van der Waals surface area (Å²) in [4.78, 5) is 59.8. The molecule has 0 fully saturated rings. The van der Waals surface area contributed by atoms with Crippen LogP contribution in [0.25, 0.3) is 11.1 Å². The predicted molar refractivity (Wildman–Crippen MR) is 208 cm³/mol. The molecule has 0 spiro atoms. The lowest BCUT2D eigenvalue weighted by molar-refractivity contribution is -0.232. The smallest absolute Gasteiger partial charge is 0.392 e. The maximum Gasteiger partial charge on any atom is 0.392 e. The number of unbranched alkanes of at least 4 members (excludes halogenated alkanes) is 9. The van der Waals surface area contributed by atoms with Crippen LogP contribution in [0.1, 0.15) is 126 Å². The van der Waals surface area contributed by atoms with Crippen molar-refractivity contribution in [2.45, 2.75) is 111 Å². The van der Waals surface area contributed by atoms with Crippen LogP contribution in [0.5, 0.6) is 11.5 Å². The fourth-order valence-corrected chi connectivity index (χ4v) is 5.54. The van der Waals surface area contributed by atoms with Crippen LogP contribution in [0.15, 0.2) is 72.8 Å². The quantitative estimate of drug-likeness (QED) is 0.0283. The summed E-state index contributed by atoms with van der Waals surface area (Å²) in [6.07, 6.45) is 11.3. The number of benzene rings is 3. The first-order valence-electron chi connectivity index (χ1n) is 19.3. The van der Waals surface area contributed by atoms with Gasteiger partial charge < -0.3 is 28.4 Å². The number of hydrogen-bond acceptors (Lipinski definition) is 11. The van der Waals surface area contributed by atoms with E-state index in [1.54, 1.807) is 48.5 Å². The molecule has 55 heavy (non-hydrogen) atoms. The Bertz CT molecular complexity index is 1630. The summed E-state index contributed by atoms with van der Waals surface area (Å²) in [5.74, 6) is -3.81. The number of rotatable bonds is 24. The molecule has 0 aliphatic carbocycles. The molecular formula is C44H56O11. The van der Waals surface area contributed by atoms with Crippen molar-refractivity contribution in [2.24, 2.45) is 5.92 Å². The second-order valence-corrected chi connectivity index (χ2v) is 13.8. The normalized spacial score (nSPS) is 11.6. The minimum Gasteiger partial charge on any atom is -0.494 e. The van der Waals surface area contributed by atoms with Crippen LogP contribution in [0.2, 0.25) is 0 Å². The minimum atomic E-state index is -2.07. The van der Waals surface area contributed by atoms with Crippen LogP contribution >= 0.6 is 0 Å². The summed E-state index contributed by atoms with van der Waals surface area (Å²) in [6.45, 7) is 8.71. The maximum atomic E-state index is 12.7. The van der Waals surface area contributed by atoms with Gasteiger partial charge in [-0.25, -0.2) is 14.4 Å². The molecule has 1 unspecified atom stereocenters. The molecule has 3 aromatic carbocycles. The fourth-order valence-electron chi connectivity index (χ4n) is 5.54. The monoisotopic (exact) mass is 760 g/mol. The fraction of sp³-hybridized carbons (Fsp3) is 0.477. The van der Waals surface area contributed by atoms with E-state index < -0.39 is 29.7 Å². The van der Waals surface area contributed by atoms with Gasteiger partial charge in [0.2, 0.25) is 0 Å². The topological polar surface area (TPSA) is 141 Å². The molecule has 3 rings (SSSR count). The average Bonchev–Trinajstić information content (AvgIpc) is 3.16. The Labute approximate surface area is 325 Å². The van der Waals surface area contributed by atoms with Gasteiger partial charge in [0.25, 0.3) is 0 Å². The van der Waals surface area contributed by atoms with Gasteiger partial charge in [-0.3, -0.25) is 9.59 Å². The standard InChI is InChI=1S/C44H56O11/c1-6-32(2)31-52-41(47)37-19-17-35(18-20-37)36-21-27-40(28-22-36)53-42(48)38-23-25-39(26-24-38)50-29-15-13-11-9-7-8-10-12-14-16-30-51-43(49)44(5,54-33(3)45)55-34(4)46/h17-28,32H,6-16,29-31H2,1-5H3. The highest BCUT2D eigenvalue weighted by Gasteiger charge is 2.42. The zero-order chi connectivity index (χ0) is 40.1. The van der Waals surface area contributed by atoms with E-state index in [2.05, 4.69) is 6.92 Å². The van der Waals surface area contributed by atoms with Crippen molar-refractivity contribution < 1.29 is 52.4 Å². The van der Waals surface area contributed by atoms with Crippen molar-refractivity contribution in [3.05, 3.63) is 83.9 Å². The molecule has 11 heteroatoms. The Hall–Kier alpha value is -5.19. The first-order valence-corrected chi connectivity index (χ1v) is 19.3. The van der Waals surface area contributed by atoms with Crippen molar-refractivity contribution in [3.8, 4) is 22.6 Å². The van der Waals surface area contributed by atoms with E-state index in [9.17, 15) is 24.0 Å². The van der Waals surface area contributed by atoms with E-state index in [-0.39, 0.29) is 12.6 Å². The summed E-state index contributed by atoms with van der Waals surface area (Å²) in [7, 11) is 0. The average molecular weight is 761 g/mol. The minimum absolute atomic E-state index is 0.158. The molecule has 0 amide bonds. The highest BCUT2D eigenvalue weighted by molar-refractivity contribution is 5.91. The third kappa shape index (κ3) is 16.4. The van der Waals surface area contributed by atoms with Gasteiger partial charge in [-0.15, -0.1) is 0 Å². The molecular weight excluding hydrogens is 704 g/mol. The third-order valence-corrected chi connectivity index (χ3v) is 8.89. The summed E-state index contributed by atoms with van der Waals surface area (Å²) in [6, 6.07) is 21.4. The van der Waals surface area contributed by atoms with Crippen LogP contribution in [-0.4, -0.2) is 55.5 Å². The van der Waals surface area contributed by atoms with Crippen molar-refractivity contribution >= 4 is 29.8 Å². The lowest BCUT2D eigenvalue weighted by atomic mass is 10.0. The molecule has 0 radical (unpaired) electrons. The van der Waals surface area contributed by atoms with Crippen molar-refractivity contribution in [1.82, 2.24) is 0 Å². The van der Waals surface area contributed by atoms with E-state index >= 15 is 0 Å². The second-order valence-electron chi connectivity index (χ2n) is 13.8. The van der Waals surface area contributed by atoms with E-state index in [1.165, 1.54) is 6.92 Å². The predicted octanol–water partition coefficient (Wildman–Crippen LogP) is 9.44. The summed E-state index contributed by atoms with van der Waals surface area (Å²) in [5.41, 5.74) is 2.80. The lowest BCUT2D eigenvalue weighted by Crippen LogP contribution is -2.45. The number of carbonyl (C=O) groups excluding carboxylic acids is 5. The van der Waals surface area contributed by atoms with E-state index in [0.29, 0.717) is 48.2 Å². The van der Waals surface area contributed by atoms with Crippen LogP contribution in [-0.2, 0) is 33.3 Å². The van der Waals surface area contributed by atoms with Crippen molar-refractivity contribution in [1.29, 1.82) is 0 Å². The van der Waals surface area contributed by atoms with E-state index in [1.807, 2.05) is 31.2 Å². The molecule has 0 heterocycles. The first kappa shape index (κ1) is 44.2. The van der Waals surface area contributed by atoms with Gasteiger partial charge >= 0.3 is 35.6 Å². The molecule has 0 aliphatic heterocycles. The molecule has 298 valence electrons. The Morgan fingerprint density at radius 2 is 1.00 bits per heavy atom. The van der Waals surface area contributed by atoms with Gasteiger partial charge in [0, 0.05) is 20.8 Å². The number of carbonyl (C=O) groups is 5. The van der Waals surface area contributed by atoms with Gasteiger partial charge in [-0.2, -0.15) is 0 Å². The zero-order valence-electron chi connectivity index (χ0n) is 32.9. The third-order valence-electron chi connectivity index (χ3n) is 8.89. The van der Waals surface area contributed by atoms with Crippen molar-refractivity contribution in [2.75, 3.05) is 19.8 Å². The molecule has 0 saturated carbocycles. The maximum absolute atomic E-state index is 12.7. The molecule has 0 saturated heterocycles. The van der Waals surface area contributed by atoms with Crippen LogP contribution < -0.4 is 9.47 Å². The molecule has 0 aliphatic rings. The number of ether oxygens (including phenoxy) is 6. The summed E-state index contributed by atoms with van der Waals surface area (Å²) in [5, 5.41) is 0. The lowest BCUT2D eigenvalue weighted by Gasteiger charge is -2.25. The Balaban J connectivity index is 1.23. The van der Waals surface area contributed by atoms with Crippen LogP contribution in [0.3, 0.4) is 0 Å². The summed E-state index contributed by atoms with van der Waals surface area (Å²) >= 11 is 0. The Kier molecular flexibility index (Phi) is 18.9. The summed E-state index contributed by atoms with van der Waals surface area (Å²) < 4.78 is 31.7. The second kappa shape index (κ2) is 23.6. The van der Waals surface area contributed by atoms with Crippen LogP contribution in [0.4, 0.5) is 0 Å². The van der Waals surface area contributed by atoms with E-state index in [0.717, 1.165) is 89.2 Å². The van der Waals surface area contributed by atoms with E-state index in [4.69, 9.17) is 28.4 Å². The van der Waals surface area contributed by atoms with Gasteiger partial charge in [-0.1, -0.05) is 95.9 Å². The molecule has 0 bridgehead atoms. The Morgan fingerprint density at radius 1 is 0.564 bits per heavy atom. The Morgan fingerprint density at radius 3 is 1.51 bits per heavy atom. The SMILES string of the molecule is CCC(C)COC(=O)c1ccc(-c2ccc(OC(=O)c3ccc(OCCCCCCCCCCCCOC(=O)C(C)(OC(C)=O)OC(C)=O)cc3)cc2)cc1. The van der Waals surface area contributed by atoms with Gasteiger partial charge in [0.05, 0.1) is 30.9 Å². The van der Waals surface area contributed by atoms with Crippen molar-refractivity contribution in [3.63, 3.8) is 0 Å². The van der Waals surface area contributed by atoms with Gasteiger partial charge in [0.1, 0.15) is 11.5 Å². The van der Waals surface area contributed by atoms with Gasteiger partial charge in [-0.05, 0) is 78.4 Å². The van der Waals surface area contributed by atoms with Crippen LogP contribution in [0, 0.1) is 5.92 Å². The molecule has 0 N–H and O–H groups in total.